The van der Waals surface area contributed by atoms with E-state index in [1.165, 1.54) is 55.6 Å². The topological polar surface area (TPSA) is 0 Å². The summed E-state index contributed by atoms with van der Waals surface area (Å²) in [5, 5.41) is 0. The van der Waals surface area contributed by atoms with E-state index in [9.17, 15) is 0 Å². The maximum absolute atomic E-state index is 2.51. The van der Waals surface area contributed by atoms with E-state index in [0.717, 1.165) is 51.4 Å². The molecule has 0 aromatic heterocycles. The summed E-state index contributed by atoms with van der Waals surface area (Å²) in [6.07, 6.45) is 8.75. The second-order valence-corrected chi connectivity index (χ2v) is 9.07. The first-order chi connectivity index (χ1) is 15.6. The van der Waals surface area contributed by atoms with Gasteiger partial charge in [0.25, 0.3) is 0 Å². The predicted molar refractivity (Wildman–Crippen MR) is 141 cm³/mol. The van der Waals surface area contributed by atoms with Crippen molar-refractivity contribution in [2.24, 2.45) is 0 Å². The Hall–Kier alpha value is -2.34. The van der Waals surface area contributed by atoms with Crippen molar-refractivity contribution >= 4 is 0 Å². The highest BCUT2D eigenvalue weighted by Crippen LogP contribution is 2.26. The summed E-state index contributed by atoms with van der Waals surface area (Å²) in [5.74, 6) is 0. The number of aryl methyl sites for hydroxylation is 6. The van der Waals surface area contributed by atoms with Gasteiger partial charge in [0.1, 0.15) is 0 Å². The lowest BCUT2D eigenvalue weighted by Gasteiger charge is -2.17. The molecule has 0 N–H and O–H groups in total. The molecule has 3 aromatic rings. The number of rotatable bonds is 10. The molecule has 0 amide bonds. The SMILES string of the molecule is CCc1ccc(Cc2cc(CC)c(Cc3ccc(CC)c(CC)c3)cc2CC)cc1CC. The molecule has 3 rings (SSSR count). The maximum atomic E-state index is 2.51. The smallest absolute Gasteiger partial charge is 0.00228 e. The Morgan fingerprint density at radius 3 is 0.969 bits per heavy atom. The van der Waals surface area contributed by atoms with E-state index in [1.807, 2.05) is 0 Å². The van der Waals surface area contributed by atoms with Gasteiger partial charge in [-0.2, -0.15) is 0 Å². The first kappa shape index (κ1) is 24.3. The first-order valence-electron chi connectivity index (χ1n) is 12.9. The molecule has 0 aliphatic heterocycles. The van der Waals surface area contributed by atoms with Gasteiger partial charge in [0.05, 0.1) is 0 Å². The van der Waals surface area contributed by atoms with Gasteiger partial charge < -0.3 is 0 Å². The number of hydrogen-bond donors (Lipinski definition) is 0. The molecule has 0 aliphatic rings. The van der Waals surface area contributed by atoms with Gasteiger partial charge in [-0.1, -0.05) is 90.1 Å². The summed E-state index contributed by atoms with van der Waals surface area (Å²) in [7, 11) is 0. The number of hydrogen-bond acceptors (Lipinski definition) is 0. The highest BCUT2D eigenvalue weighted by Gasteiger charge is 2.12. The molecule has 0 spiro atoms. The van der Waals surface area contributed by atoms with Crippen molar-refractivity contribution in [3.8, 4) is 0 Å². The van der Waals surface area contributed by atoms with Crippen molar-refractivity contribution in [3.05, 3.63) is 104 Å². The van der Waals surface area contributed by atoms with Crippen LogP contribution in [0.3, 0.4) is 0 Å². The molecule has 0 unspecified atom stereocenters. The molecule has 0 nitrogen and oxygen atoms in total. The third-order valence-electron chi connectivity index (χ3n) is 7.14. The minimum Gasteiger partial charge on any atom is -0.0613 e. The monoisotopic (exact) mass is 426 g/mol. The predicted octanol–water partition coefficient (Wildman–Crippen LogP) is 8.24. The van der Waals surface area contributed by atoms with Crippen molar-refractivity contribution in [3.63, 3.8) is 0 Å². The lowest BCUT2D eigenvalue weighted by atomic mass is 9.88. The van der Waals surface area contributed by atoms with Crippen LogP contribution in [-0.2, 0) is 51.4 Å². The summed E-state index contributed by atoms with van der Waals surface area (Å²) in [6.45, 7) is 13.7. The van der Waals surface area contributed by atoms with Crippen LogP contribution in [0.5, 0.6) is 0 Å². The average Bonchev–Trinajstić information content (AvgIpc) is 2.84. The van der Waals surface area contributed by atoms with Crippen LogP contribution in [0, 0.1) is 0 Å². The van der Waals surface area contributed by atoms with Gasteiger partial charge in [0.15, 0.2) is 0 Å². The Kier molecular flexibility index (Phi) is 8.74. The van der Waals surface area contributed by atoms with E-state index in [4.69, 9.17) is 0 Å². The van der Waals surface area contributed by atoms with E-state index in [2.05, 4.69) is 90.1 Å². The van der Waals surface area contributed by atoms with E-state index < -0.39 is 0 Å². The summed E-state index contributed by atoms with van der Waals surface area (Å²) < 4.78 is 0. The maximum Gasteiger partial charge on any atom is -0.00228 e. The molecule has 0 atom stereocenters. The van der Waals surface area contributed by atoms with Crippen LogP contribution in [0.4, 0.5) is 0 Å². The minimum absolute atomic E-state index is 1.04. The van der Waals surface area contributed by atoms with Crippen LogP contribution in [-0.4, -0.2) is 0 Å². The molecule has 0 fully saturated rings. The van der Waals surface area contributed by atoms with Crippen LogP contribution in [0.2, 0.25) is 0 Å². The molecule has 32 heavy (non-hydrogen) atoms. The van der Waals surface area contributed by atoms with Crippen molar-refractivity contribution in [1.29, 1.82) is 0 Å². The van der Waals surface area contributed by atoms with E-state index in [0.29, 0.717) is 0 Å². The molecule has 0 saturated carbocycles. The minimum atomic E-state index is 1.04. The quantitative estimate of drug-likeness (QED) is 0.306. The largest absolute Gasteiger partial charge is 0.0613 e. The zero-order valence-corrected chi connectivity index (χ0v) is 21.3. The van der Waals surface area contributed by atoms with Gasteiger partial charge in [-0.05, 0) is 107 Å². The highest BCUT2D eigenvalue weighted by atomic mass is 14.2. The van der Waals surface area contributed by atoms with Crippen molar-refractivity contribution in [2.75, 3.05) is 0 Å². The molecule has 0 radical (unpaired) electrons. The van der Waals surface area contributed by atoms with Crippen LogP contribution in [0.25, 0.3) is 0 Å². The summed E-state index contributed by atoms with van der Waals surface area (Å²) in [6, 6.07) is 19.3. The second-order valence-electron chi connectivity index (χ2n) is 9.07. The van der Waals surface area contributed by atoms with Gasteiger partial charge in [0.2, 0.25) is 0 Å². The number of benzene rings is 3. The van der Waals surface area contributed by atoms with Gasteiger partial charge in [0, 0.05) is 0 Å². The van der Waals surface area contributed by atoms with Gasteiger partial charge >= 0.3 is 0 Å². The summed E-state index contributed by atoms with van der Waals surface area (Å²) in [5.41, 5.74) is 15.0. The molecular weight excluding hydrogens is 384 g/mol. The molecule has 0 heteroatoms. The van der Waals surface area contributed by atoms with E-state index >= 15 is 0 Å². The van der Waals surface area contributed by atoms with Gasteiger partial charge in [-0.3, -0.25) is 0 Å². The zero-order chi connectivity index (χ0) is 23.1. The summed E-state index contributed by atoms with van der Waals surface area (Å²) in [4.78, 5) is 0. The van der Waals surface area contributed by atoms with Gasteiger partial charge in [-0.25, -0.2) is 0 Å². The van der Waals surface area contributed by atoms with Crippen LogP contribution in [0.15, 0.2) is 48.5 Å². The Bertz CT molecular complexity index is 953. The molecule has 170 valence electrons. The van der Waals surface area contributed by atoms with Crippen LogP contribution >= 0.6 is 0 Å². The second kappa shape index (κ2) is 11.5. The van der Waals surface area contributed by atoms with E-state index in [1.54, 1.807) is 0 Å². The molecule has 3 aromatic carbocycles. The lowest BCUT2D eigenvalue weighted by Crippen LogP contribution is -2.04. The molecular formula is C32H42. The summed E-state index contributed by atoms with van der Waals surface area (Å²) >= 11 is 0. The zero-order valence-electron chi connectivity index (χ0n) is 21.3. The Balaban J connectivity index is 1.93. The molecule has 0 saturated heterocycles. The average molecular weight is 427 g/mol. The normalized spacial score (nSPS) is 11.2. The molecule has 0 bridgehead atoms. The van der Waals surface area contributed by atoms with Crippen molar-refractivity contribution in [1.82, 2.24) is 0 Å². The molecule has 0 aliphatic carbocycles. The van der Waals surface area contributed by atoms with Crippen LogP contribution in [0.1, 0.15) is 97.2 Å². The fraction of sp³-hybridized carbons (Fsp3) is 0.438. The fourth-order valence-corrected chi connectivity index (χ4v) is 5.15. The third kappa shape index (κ3) is 5.52. The third-order valence-corrected chi connectivity index (χ3v) is 7.14. The Labute approximate surface area is 197 Å². The van der Waals surface area contributed by atoms with Crippen molar-refractivity contribution < 1.29 is 0 Å². The Morgan fingerprint density at radius 1 is 0.344 bits per heavy atom. The first-order valence-corrected chi connectivity index (χ1v) is 12.9. The van der Waals surface area contributed by atoms with Crippen molar-refractivity contribution in [2.45, 2.75) is 92.9 Å². The standard InChI is InChI=1S/C32H42/c1-7-25-15-13-23(17-27(25)9-3)19-31-21-30(12-6)32(22-29(31)11-5)20-24-14-16-26(8-2)28(10-4)18-24/h13-18,21-22H,7-12,19-20H2,1-6H3. The molecule has 0 heterocycles. The Morgan fingerprint density at radius 2 is 0.656 bits per heavy atom. The van der Waals surface area contributed by atoms with E-state index in [-0.39, 0.29) is 0 Å². The van der Waals surface area contributed by atoms with Gasteiger partial charge in [-0.15, -0.1) is 0 Å². The fourth-order valence-electron chi connectivity index (χ4n) is 5.15. The highest BCUT2D eigenvalue weighted by molar-refractivity contribution is 5.45. The van der Waals surface area contributed by atoms with Crippen LogP contribution < -0.4 is 0 Å². The lowest BCUT2D eigenvalue weighted by molar-refractivity contribution is 0.980.